The van der Waals surface area contributed by atoms with E-state index in [1.54, 1.807) is 6.07 Å². The Hall–Kier alpha value is -4.03. The summed E-state index contributed by atoms with van der Waals surface area (Å²) in [7, 11) is 0. The average molecular weight is 452 g/mol. The van der Waals surface area contributed by atoms with Crippen molar-refractivity contribution in [1.29, 1.82) is 5.26 Å². The number of allylic oxidation sites excluding steroid dienone is 1. The summed E-state index contributed by atoms with van der Waals surface area (Å²) in [5, 5.41) is 28.4. The lowest BCUT2D eigenvalue weighted by molar-refractivity contribution is -0.384. The van der Waals surface area contributed by atoms with Crippen LogP contribution in [0.25, 0.3) is 11.3 Å². The maximum Gasteiger partial charge on any atom is 0.288 e. The van der Waals surface area contributed by atoms with E-state index in [4.69, 9.17) is 26.8 Å². The number of nitro benzene ring substituents is 1. The van der Waals surface area contributed by atoms with Crippen LogP contribution in [0.5, 0.6) is 11.6 Å². The molecule has 1 aromatic heterocycles. The second-order valence-electron chi connectivity index (χ2n) is 7.08. The zero-order chi connectivity index (χ0) is 22.8. The minimum atomic E-state index is -0.732. The topological polar surface area (TPSA) is 140 Å². The van der Waals surface area contributed by atoms with E-state index in [0.29, 0.717) is 23.4 Å². The molecule has 3 N–H and O–H groups in total. The predicted octanol–water partition coefficient (Wildman–Crippen LogP) is 4.65. The molecule has 10 heteroatoms. The van der Waals surface area contributed by atoms with Gasteiger partial charge in [-0.05, 0) is 42.3 Å². The number of halogens is 1. The molecule has 0 radical (unpaired) electrons. The molecule has 0 saturated heterocycles. The van der Waals surface area contributed by atoms with Gasteiger partial charge in [0.25, 0.3) is 5.69 Å². The number of nitro groups is 1. The quantitative estimate of drug-likeness (QED) is 0.410. The summed E-state index contributed by atoms with van der Waals surface area (Å²) in [5.41, 5.74) is 8.23. The first-order valence-corrected chi connectivity index (χ1v) is 10.1. The van der Waals surface area contributed by atoms with Gasteiger partial charge in [-0.3, -0.25) is 15.2 Å². The number of benzene rings is 2. The summed E-state index contributed by atoms with van der Waals surface area (Å²) in [5.74, 6) is 0.0887. The van der Waals surface area contributed by atoms with Crippen LogP contribution in [-0.4, -0.2) is 21.7 Å². The number of nitrogens with zero attached hydrogens (tertiary/aromatic N) is 3. The van der Waals surface area contributed by atoms with E-state index < -0.39 is 10.8 Å². The SMILES string of the molecule is CCCOc1ccc(-c2[nH]nc3c2[C@@H](c2ccc(Cl)c([N+](=O)[O-])c2)C(C#N)=C(N)O3)cc1. The van der Waals surface area contributed by atoms with Crippen LogP contribution in [0.4, 0.5) is 5.69 Å². The van der Waals surface area contributed by atoms with Crippen molar-refractivity contribution < 1.29 is 14.4 Å². The monoisotopic (exact) mass is 451 g/mol. The fourth-order valence-corrected chi connectivity index (χ4v) is 3.77. The number of nitrogens with one attached hydrogen (secondary N) is 1. The molecule has 0 aliphatic carbocycles. The van der Waals surface area contributed by atoms with Crippen LogP contribution < -0.4 is 15.2 Å². The number of hydrogen-bond acceptors (Lipinski definition) is 7. The second kappa shape index (κ2) is 8.61. The Labute approximate surface area is 188 Å². The van der Waals surface area contributed by atoms with Gasteiger partial charge in [-0.1, -0.05) is 24.6 Å². The molecule has 162 valence electrons. The molecule has 1 aliphatic rings. The van der Waals surface area contributed by atoms with Crippen molar-refractivity contribution in [2.24, 2.45) is 5.73 Å². The summed E-state index contributed by atoms with van der Waals surface area (Å²) >= 11 is 5.99. The van der Waals surface area contributed by atoms with Crippen LogP contribution in [0.15, 0.2) is 53.9 Å². The largest absolute Gasteiger partial charge is 0.494 e. The Morgan fingerprint density at radius 2 is 2.09 bits per heavy atom. The first-order valence-electron chi connectivity index (χ1n) is 9.77. The van der Waals surface area contributed by atoms with Crippen molar-refractivity contribution in [1.82, 2.24) is 10.2 Å². The molecule has 3 aromatic rings. The Morgan fingerprint density at radius 3 is 2.75 bits per heavy atom. The van der Waals surface area contributed by atoms with Crippen molar-refractivity contribution in [2.45, 2.75) is 19.3 Å². The normalized spacial score (nSPS) is 15.0. The number of nitriles is 1. The van der Waals surface area contributed by atoms with Gasteiger partial charge in [-0.2, -0.15) is 5.26 Å². The molecule has 0 fully saturated rings. The molecule has 1 atom stereocenters. The van der Waals surface area contributed by atoms with Gasteiger partial charge in [-0.15, -0.1) is 5.10 Å². The van der Waals surface area contributed by atoms with Gasteiger partial charge in [0, 0.05) is 11.6 Å². The molecular formula is C22H18ClN5O4. The fraction of sp³-hybridized carbons (Fsp3) is 0.182. The summed E-state index contributed by atoms with van der Waals surface area (Å²) in [6, 6.07) is 13.8. The van der Waals surface area contributed by atoms with E-state index in [1.165, 1.54) is 12.1 Å². The average Bonchev–Trinajstić information content (AvgIpc) is 3.20. The third-order valence-corrected chi connectivity index (χ3v) is 5.37. The lowest BCUT2D eigenvalue weighted by Gasteiger charge is -2.24. The number of H-pyrrole nitrogens is 1. The summed E-state index contributed by atoms with van der Waals surface area (Å²) < 4.78 is 11.2. The van der Waals surface area contributed by atoms with Crippen LogP contribution in [0.2, 0.25) is 5.02 Å². The Balaban J connectivity index is 1.85. The molecule has 32 heavy (non-hydrogen) atoms. The molecular weight excluding hydrogens is 434 g/mol. The fourth-order valence-electron chi connectivity index (χ4n) is 3.59. The zero-order valence-electron chi connectivity index (χ0n) is 17.0. The van der Waals surface area contributed by atoms with Crippen LogP contribution in [0.3, 0.4) is 0 Å². The first-order chi connectivity index (χ1) is 15.4. The second-order valence-corrected chi connectivity index (χ2v) is 7.49. The predicted molar refractivity (Wildman–Crippen MR) is 117 cm³/mol. The van der Waals surface area contributed by atoms with Crippen LogP contribution >= 0.6 is 11.6 Å². The number of aromatic amines is 1. The number of nitrogens with two attached hydrogens (primary N) is 1. The van der Waals surface area contributed by atoms with E-state index in [9.17, 15) is 15.4 Å². The molecule has 4 rings (SSSR count). The zero-order valence-corrected chi connectivity index (χ0v) is 17.7. The number of rotatable bonds is 6. The van der Waals surface area contributed by atoms with Crippen molar-refractivity contribution in [2.75, 3.05) is 6.61 Å². The molecule has 9 nitrogen and oxygen atoms in total. The number of hydrogen-bond donors (Lipinski definition) is 2. The molecule has 0 amide bonds. The van der Waals surface area contributed by atoms with Crippen LogP contribution in [-0.2, 0) is 0 Å². The van der Waals surface area contributed by atoms with Crippen LogP contribution in [0, 0.1) is 21.4 Å². The van der Waals surface area contributed by atoms with Crippen molar-refractivity contribution in [3.8, 4) is 29.0 Å². The van der Waals surface area contributed by atoms with Crippen molar-refractivity contribution in [3.63, 3.8) is 0 Å². The van der Waals surface area contributed by atoms with E-state index in [1.807, 2.05) is 31.2 Å². The highest BCUT2D eigenvalue weighted by molar-refractivity contribution is 6.32. The highest BCUT2D eigenvalue weighted by Crippen LogP contribution is 2.46. The molecule has 0 unspecified atom stereocenters. The summed E-state index contributed by atoms with van der Waals surface area (Å²) in [6.07, 6.45) is 0.896. The first kappa shape index (κ1) is 21.2. The molecule has 0 spiro atoms. The highest BCUT2D eigenvalue weighted by atomic mass is 35.5. The summed E-state index contributed by atoms with van der Waals surface area (Å²) in [4.78, 5) is 10.9. The van der Waals surface area contributed by atoms with Crippen molar-refractivity contribution >= 4 is 17.3 Å². The Kier molecular flexibility index (Phi) is 5.71. The number of ether oxygens (including phenoxy) is 2. The van der Waals surface area contributed by atoms with Gasteiger partial charge >= 0.3 is 0 Å². The molecule has 1 aliphatic heterocycles. The number of aromatic nitrogens is 2. The van der Waals surface area contributed by atoms with E-state index >= 15 is 0 Å². The van der Waals surface area contributed by atoms with Gasteiger partial charge in [0.2, 0.25) is 11.8 Å². The van der Waals surface area contributed by atoms with Gasteiger partial charge in [-0.25, -0.2) is 0 Å². The van der Waals surface area contributed by atoms with Gasteiger partial charge in [0.15, 0.2) is 0 Å². The summed E-state index contributed by atoms with van der Waals surface area (Å²) in [6.45, 7) is 2.64. The lowest BCUT2D eigenvalue weighted by atomic mass is 9.83. The van der Waals surface area contributed by atoms with E-state index in [0.717, 1.165) is 17.7 Å². The van der Waals surface area contributed by atoms with Gasteiger partial charge in [0.05, 0.1) is 28.7 Å². The maximum atomic E-state index is 11.4. The Bertz CT molecular complexity index is 1260. The van der Waals surface area contributed by atoms with Gasteiger partial charge < -0.3 is 15.2 Å². The minimum absolute atomic E-state index is 0.00317. The standard InChI is InChI=1S/C22H18ClN5O4/c1-2-9-31-14-6-3-12(4-7-14)20-19-18(13-5-8-16(23)17(10-13)28(29)30)15(11-24)21(25)32-22(19)27-26-20/h3-8,10,18H,2,9,25H2,1H3,(H,26,27)/t18-/m0/s1. The molecule has 2 aromatic carbocycles. The van der Waals surface area contributed by atoms with E-state index in [2.05, 4.69) is 16.3 Å². The third kappa shape index (κ3) is 3.72. The van der Waals surface area contributed by atoms with E-state index in [-0.39, 0.29) is 28.0 Å². The Morgan fingerprint density at radius 1 is 1.34 bits per heavy atom. The minimum Gasteiger partial charge on any atom is -0.494 e. The van der Waals surface area contributed by atoms with Crippen molar-refractivity contribution in [3.05, 3.63) is 80.2 Å². The molecule has 0 saturated carbocycles. The van der Waals surface area contributed by atoms with Gasteiger partial charge in [0.1, 0.15) is 22.4 Å². The lowest BCUT2D eigenvalue weighted by Crippen LogP contribution is -2.21. The molecule has 0 bridgehead atoms. The highest BCUT2D eigenvalue weighted by Gasteiger charge is 2.36. The molecule has 2 heterocycles. The third-order valence-electron chi connectivity index (χ3n) is 5.05. The smallest absolute Gasteiger partial charge is 0.288 e. The van der Waals surface area contributed by atoms with Crippen LogP contribution in [0.1, 0.15) is 30.4 Å². The maximum absolute atomic E-state index is 11.4. The number of fused-ring (bicyclic) bond motifs is 1.